The predicted molar refractivity (Wildman–Crippen MR) is 89.3 cm³/mol. The highest BCUT2D eigenvalue weighted by Crippen LogP contribution is 2.27. The standard InChI is InChI=1S/C15H17ClN4O4/c1-9-5-6-12(21)11(8-9)17-13(22)4-3-7-19-10(2)14(16)15(18-19)20(23)24/h5-6,8,21H,3-4,7H2,1-2H3,(H,17,22). The number of halogens is 1. The van der Waals surface area contributed by atoms with Crippen LogP contribution < -0.4 is 5.32 Å². The average molecular weight is 353 g/mol. The summed E-state index contributed by atoms with van der Waals surface area (Å²) in [5, 5.41) is 27.0. The van der Waals surface area contributed by atoms with Crippen molar-refractivity contribution in [3.05, 3.63) is 44.6 Å². The minimum atomic E-state index is -0.640. The second-order valence-corrected chi connectivity index (χ2v) is 5.75. The van der Waals surface area contributed by atoms with E-state index >= 15 is 0 Å². The lowest BCUT2D eigenvalue weighted by atomic mass is 10.2. The van der Waals surface area contributed by atoms with Gasteiger partial charge in [-0.1, -0.05) is 17.7 Å². The Morgan fingerprint density at radius 3 is 2.79 bits per heavy atom. The topological polar surface area (TPSA) is 110 Å². The molecule has 128 valence electrons. The van der Waals surface area contributed by atoms with E-state index in [1.807, 2.05) is 6.92 Å². The van der Waals surface area contributed by atoms with Crippen molar-refractivity contribution in [1.29, 1.82) is 0 Å². The first-order valence-corrected chi connectivity index (χ1v) is 7.64. The molecule has 0 spiro atoms. The average Bonchev–Trinajstić information content (AvgIpc) is 2.79. The molecule has 0 fully saturated rings. The maximum Gasteiger partial charge on any atom is 0.408 e. The van der Waals surface area contributed by atoms with Gasteiger partial charge in [-0.3, -0.25) is 4.79 Å². The molecular weight excluding hydrogens is 336 g/mol. The summed E-state index contributed by atoms with van der Waals surface area (Å²) in [6.07, 6.45) is 0.604. The molecule has 0 bridgehead atoms. The lowest BCUT2D eigenvalue weighted by Gasteiger charge is -2.08. The highest BCUT2D eigenvalue weighted by atomic mass is 35.5. The van der Waals surface area contributed by atoms with Crippen LogP contribution in [0.25, 0.3) is 0 Å². The lowest BCUT2D eigenvalue weighted by Crippen LogP contribution is -2.13. The van der Waals surface area contributed by atoms with E-state index in [9.17, 15) is 20.0 Å². The van der Waals surface area contributed by atoms with Crippen LogP contribution in [0.1, 0.15) is 24.1 Å². The second-order valence-electron chi connectivity index (χ2n) is 5.38. The molecule has 0 unspecified atom stereocenters. The van der Waals surface area contributed by atoms with E-state index < -0.39 is 4.92 Å². The van der Waals surface area contributed by atoms with E-state index in [2.05, 4.69) is 10.4 Å². The van der Waals surface area contributed by atoms with Crippen molar-refractivity contribution in [2.75, 3.05) is 5.32 Å². The number of phenols is 1. The number of hydrogen-bond acceptors (Lipinski definition) is 5. The third-order valence-corrected chi connectivity index (χ3v) is 3.93. The zero-order valence-electron chi connectivity index (χ0n) is 13.2. The van der Waals surface area contributed by atoms with E-state index in [1.165, 1.54) is 10.7 Å². The molecule has 2 N–H and O–H groups in total. The molecule has 0 saturated carbocycles. The van der Waals surface area contributed by atoms with Gasteiger partial charge in [-0.2, -0.15) is 4.68 Å². The van der Waals surface area contributed by atoms with Gasteiger partial charge in [0, 0.05) is 6.42 Å². The van der Waals surface area contributed by atoms with Gasteiger partial charge in [-0.05, 0) is 42.9 Å². The van der Waals surface area contributed by atoms with Crippen LogP contribution in [0.3, 0.4) is 0 Å². The van der Waals surface area contributed by atoms with Gasteiger partial charge in [-0.25, -0.2) is 0 Å². The first-order valence-electron chi connectivity index (χ1n) is 7.26. The number of aromatic hydroxyl groups is 1. The Hall–Kier alpha value is -2.61. The number of rotatable bonds is 6. The van der Waals surface area contributed by atoms with E-state index in [4.69, 9.17) is 11.6 Å². The van der Waals surface area contributed by atoms with Gasteiger partial charge < -0.3 is 20.5 Å². The first kappa shape index (κ1) is 17.7. The van der Waals surface area contributed by atoms with Crippen LogP contribution in [0.5, 0.6) is 5.75 Å². The predicted octanol–water partition coefficient (Wildman–Crippen LogP) is 3.19. The molecule has 2 aromatic rings. The summed E-state index contributed by atoms with van der Waals surface area (Å²) in [5.74, 6) is -0.649. The Balaban J connectivity index is 1.92. The van der Waals surface area contributed by atoms with Crippen molar-refractivity contribution in [2.24, 2.45) is 0 Å². The molecule has 0 aliphatic carbocycles. The Morgan fingerprint density at radius 2 is 2.17 bits per heavy atom. The largest absolute Gasteiger partial charge is 0.506 e. The fourth-order valence-corrected chi connectivity index (χ4v) is 2.40. The van der Waals surface area contributed by atoms with Gasteiger partial charge in [0.05, 0.1) is 23.0 Å². The summed E-state index contributed by atoms with van der Waals surface area (Å²) in [7, 11) is 0. The zero-order valence-corrected chi connectivity index (χ0v) is 14.0. The van der Waals surface area contributed by atoms with Crippen LogP contribution in [-0.2, 0) is 11.3 Å². The molecule has 0 radical (unpaired) electrons. The van der Waals surface area contributed by atoms with Crippen LogP contribution in [0.15, 0.2) is 18.2 Å². The molecule has 1 aromatic carbocycles. The Kier molecular flexibility index (Phi) is 5.40. The van der Waals surface area contributed by atoms with Crippen molar-refractivity contribution in [3.63, 3.8) is 0 Å². The number of carbonyl (C=O) groups excluding carboxylic acids is 1. The van der Waals surface area contributed by atoms with Crippen LogP contribution >= 0.6 is 11.6 Å². The lowest BCUT2D eigenvalue weighted by molar-refractivity contribution is -0.389. The molecule has 2 rings (SSSR count). The number of nitrogens with zero attached hydrogens (tertiary/aromatic N) is 3. The number of amides is 1. The maximum atomic E-state index is 11.9. The molecule has 0 atom stereocenters. The van der Waals surface area contributed by atoms with Crippen molar-refractivity contribution >= 4 is 29.0 Å². The summed E-state index contributed by atoms with van der Waals surface area (Å²) in [6, 6.07) is 4.93. The third-order valence-electron chi connectivity index (χ3n) is 3.49. The second kappa shape index (κ2) is 7.31. The van der Waals surface area contributed by atoms with Crippen molar-refractivity contribution < 1.29 is 14.8 Å². The van der Waals surface area contributed by atoms with Gasteiger partial charge in [0.2, 0.25) is 5.91 Å². The molecule has 24 heavy (non-hydrogen) atoms. The zero-order chi connectivity index (χ0) is 17.9. The molecule has 9 heteroatoms. The van der Waals surface area contributed by atoms with Crippen molar-refractivity contribution in [3.8, 4) is 5.75 Å². The monoisotopic (exact) mass is 352 g/mol. The Labute approximate surface area is 143 Å². The summed E-state index contributed by atoms with van der Waals surface area (Å²) >= 11 is 5.86. The van der Waals surface area contributed by atoms with E-state index in [0.717, 1.165) is 5.56 Å². The summed E-state index contributed by atoms with van der Waals surface area (Å²) in [5.41, 5.74) is 1.76. The van der Waals surface area contributed by atoms with Crippen molar-refractivity contribution in [2.45, 2.75) is 33.2 Å². The maximum absolute atomic E-state index is 11.9. The number of nitro groups is 1. The fourth-order valence-electron chi connectivity index (χ4n) is 2.19. The van der Waals surface area contributed by atoms with Gasteiger partial charge in [0.25, 0.3) is 0 Å². The van der Waals surface area contributed by atoms with Crippen LogP contribution in [-0.4, -0.2) is 25.7 Å². The number of nitrogens with one attached hydrogen (secondary N) is 1. The number of anilines is 1. The van der Waals surface area contributed by atoms with E-state index in [-0.39, 0.29) is 28.9 Å². The summed E-state index contributed by atoms with van der Waals surface area (Å²) in [6.45, 7) is 3.81. The highest BCUT2D eigenvalue weighted by molar-refractivity contribution is 6.33. The van der Waals surface area contributed by atoms with E-state index in [0.29, 0.717) is 24.3 Å². The van der Waals surface area contributed by atoms with Crippen LogP contribution in [0.4, 0.5) is 11.5 Å². The van der Waals surface area contributed by atoms with Gasteiger partial charge in [-0.15, -0.1) is 0 Å². The third kappa shape index (κ3) is 4.02. The molecule has 1 heterocycles. The highest BCUT2D eigenvalue weighted by Gasteiger charge is 2.23. The molecule has 0 saturated heterocycles. The van der Waals surface area contributed by atoms with Gasteiger partial charge in [0.1, 0.15) is 5.75 Å². The molecule has 1 amide bonds. The minimum absolute atomic E-state index is 0.000669. The summed E-state index contributed by atoms with van der Waals surface area (Å²) < 4.78 is 1.41. The molecular formula is C15H17ClN4O4. The Morgan fingerprint density at radius 1 is 1.46 bits per heavy atom. The molecule has 8 nitrogen and oxygen atoms in total. The molecule has 0 aliphatic rings. The van der Waals surface area contributed by atoms with Gasteiger partial charge >= 0.3 is 5.82 Å². The smallest absolute Gasteiger partial charge is 0.408 e. The number of aromatic nitrogens is 2. The Bertz CT molecular complexity index is 788. The minimum Gasteiger partial charge on any atom is -0.506 e. The van der Waals surface area contributed by atoms with Crippen LogP contribution in [0, 0.1) is 24.0 Å². The number of aryl methyl sites for hydroxylation is 2. The molecule has 1 aromatic heterocycles. The summed E-state index contributed by atoms with van der Waals surface area (Å²) in [4.78, 5) is 22.1. The van der Waals surface area contributed by atoms with E-state index in [1.54, 1.807) is 19.1 Å². The van der Waals surface area contributed by atoms with Gasteiger partial charge in [0.15, 0.2) is 5.02 Å². The first-order chi connectivity index (χ1) is 11.3. The number of carbonyl (C=O) groups is 1. The quantitative estimate of drug-likeness (QED) is 0.471. The van der Waals surface area contributed by atoms with Crippen LogP contribution in [0.2, 0.25) is 5.02 Å². The number of hydrogen-bond donors (Lipinski definition) is 2. The normalized spacial score (nSPS) is 10.6. The SMILES string of the molecule is Cc1ccc(O)c(NC(=O)CCCn2nc([N+](=O)[O-])c(Cl)c2C)c1. The fraction of sp³-hybridized carbons (Fsp3) is 0.333. The van der Waals surface area contributed by atoms with Crippen molar-refractivity contribution in [1.82, 2.24) is 9.78 Å². The number of phenolic OH excluding ortho intramolecular Hbond substituents is 1. The number of benzene rings is 1. The molecule has 0 aliphatic heterocycles.